The molecule has 2 aliphatic carbocycles. The summed E-state index contributed by atoms with van der Waals surface area (Å²) in [6, 6.07) is 3.18. The highest BCUT2D eigenvalue weighted by molar-refractivity contribution is 7.10. The van der Waals surface area contributed by atoms with E-state index in [9.17, 15) is 0 Å². The molecule has 1 aromatic heterocycles. The molecule has 0 bridgehead atoms. The SMILES string of the molecule is c1cc2c(s1)CCCC2CNC1CCCCCC1. The molecule has 0 spiro atoms. The first-order chi connectivity index (χ1) is 8.93. The number of aryl methyl sites for hydroxylation is 1. The van der Waals surface area contributed by atoms with Gasteiger partial charge in [0.05, 0.1) is 0 Å². The van der Waals surface area contributed by atoms with Crippen molar-refractivity contribution >= 4 is 11.3 Å². The van der Waals surface area contributed by atoms with Crippen LogP contribution in [0, 0.1) is 0 Å². The maximum absolute atomic E-state index is 3.87. The molecule has 1 aromatic rings. The number of rotatable bonds is 3. The first-order valence-electron chi connectivity index (χ1n) is 7.73. The third-order valence-corrected chi connectivity index (χ3v) is 5.68. The maximum atomic E-state index is 3.87. The Morgan fingerprint density at radius 2 is 1.89 bits per heavy atom. The lowest BCUT2D eigenvalue weighted by molar-refractivity contribution is 0.421. The lowest BCUT2D eigenvalue weighted by Gasteiger charge is -2.25. The number of thiophene rings is 1. The number of hydrogen-bond donors (Lipinski definition) is 1. The summed E-state index contributed by atoms with van der Waals surface area (Å²) in [7, 11) is 0. The molecule has 3 rings (SSSR count). The number of hydrogen-bond acceptors (Lipinski definition) is 2. The molecule has 0 aliphatic heterocycles. The summed E-state index contributed by atoms with van der Waals surface area (Å²) in [4.78, 5) is 1.66. The van der Waals surface area contributed by atoms with Crippen molar-refractivity contribution < 1.29 is 0 Å². The predicted molar refractivity (Wildman–Crippen MR) is 79.5 cm³/mol. The van der Waals surface area contributed by atoms with E-state index in [0.29, 0.717) is 0 Å². The smallest absolute Gasteiger partial charge is 0.00805 e. The van der Waals surface area contributed by atoms with Crippen molar-refractivity contribution in [1.29, 1.82) is 0 Å². The van der Waals surface area contributed by atoms with Crippen LogP contribution in [-0.2, 0) is 6.42 Å². The van der Waals surface area contributed by atoms with Gasteiger partial charge in [0, 0.05) is 17.5 Å². The van der Waals surface area contributed by atoms with Gasteiger partial charge in [0.25, 0.3) is 0 Å². The van der Waals surface area contributed by atoms with Crippen molar-refractivity contribution in [3.8, 4) is 0 Å². The quantitative estimate of drug-likeness (QED) is 0.793. The van der Waals surface area contributed by atoms with Crippen molar-refractivity contribution in [2.45, 2.75) is 69.7 Å². The second-order valence-corrected chi connectivity index (χ2v) is 6.99. The summed E-state index contributed by atoms with van der Waals surface area (Å²) in [5.41, 5.74) is 1.66. The molecule has 1 N–H and O–H groups in total. The van der Waals surface area contributed by atoms with Crippen molar-refractivity contribution in [2.24, 2.45) is 0 Å². The van der Waals surface area contributed by atoms with Gasteiger partial charge >= 0.3 is 0 Å². The van der Waals surface area contributed by atoms with Gasteiger partial charge in [0.2, 0.25) is 0 Å². The fraction of sp³-hybridized carbons (Fsp3) is 0.750. The minimum absolute atomic E-state index is 0.795. The zero-order valence-electron chi connectivity index (χ0n) is 11.3. The first kappa shape index (κ1) is 12.7. The van der Waals surface area contributed by atoms with Gasteiger partial charge in [0.15, 0.2) is 0 Å². The molecule has 1 saturated carbocycles. The van der Waals surface area contributed by atoms with E-state index in [4.69, 9.17) is 0 Å². The van der Waals surface area contributed by atoms with Gasteiger partial charge < -0.3 is 5.32 Å². The topological polar surface area (TPSA) is 12.0 Å². The maximum Gasteiger partial charge on any atom is 0.00805 e. The summed E-state index contributed by atoms with van der Waals surface area (Å²) in [6.07, 6.45) is 12.7. The molecule has 0 radical (unpaired) electrons. The second kappa shape index (κ2) is 6.21. The lowest BCUT2D eigenvalue weighted by Crippen LogP contribution is -2.33. The Hall–Kier alpha value is -0.340. The zero-order valence-corrected chi connectivity index (χ0v) is 12.1. The largest absolute Gasteiger partial charge is 0.313 e. The highest BCUT2D eigenvalue weighted by Gasteiger charge is 2.22. The minimum Gasteiger partial charge on any atom is -0.313 e. The molecule has 100 valence electrons. The predicted octanol–water partition coefficient (Wildman–Crippen LogP) is 4.48. The average Bonchev–Trinajstić information content (AvgIpc) is 2.73. The first-order valence-corrected chi connectivity index (χ1v) is 8.61. The molecular formula is C16H25NS. The normalized spacial score (nSPS) is 25.7. The molecule has 2 heteroatoms. The third kappa shape index (κ3) is 2.97. The van der Waals surface area contributed by atoms with Crippen LogP contribution in [0.25, 0.3) is 0 Å². The molecule has 2 aliphatic rings. The van der Waals surface area contributed by atoms with Gasteiger partial charge in [-0.3, -0.25) is 0 Å². The molecular weight excluding hydrogens is 238 g/mol. The van der Waals surface area contributed by atoms with Gasteiger partial charge in [-0.1, -0.05) is 25.7 Å². The summed E-state index contributed by atoms with van der Waals surface area (Å²) in [5.74, 6) is 0.795. The van der Waals surface area contributed by atoms with Crippen LogP contribution in [0.3, 0.4) is 0 Å². The fourth-order valence-electron chi connectivity index (χ4n) is 3.59. The van der Waals surface area contributed by atoms with Gasteiger partial charge in [-0.25, -0.2) is 0 Å². The highest BCUT2D eigenvalue weighted by atomic mass is 32.1. The Labute approximate surface area is 115 Å². The molecule has 18 heavy (non-hydrogen) atoms. The van der Waals surface area contributed by atoms with E-state index < -0.39 is 0 Å². The van der Waals surface area contributed by atoms with E-state index in [1.807, 2.05) is 11.3 Å². The van der Waals surface area contributed by atoms with E-state index in [2.05, 4.69) is 16.8 Å². The summed E-state index contributed by atoms with van der Waals surface area (Å²) < 4.78 is 0. The Morgan fingerprint density at radius 1 is 1.06 bits per heavy atom. The van der Waals surface area contributed by atoms with Gasteiger partial charge in [-0.15, -0.1) is 11.3 Å². The van der Waals surface area contributed by atoms with E-state index in [1.165, 1.54) is 64.3 Å². The summed E-state index contributed by atoms with van der Waals surface area (Å²) in [5, 5.41) is 6.15. The van der Waals surface area contributed by atoms with Crippen LogP contribution < -0.4 is 5.32 Å². The monoisotopic (exact) mass is 263 g/mol. The molecule has 1 nitrogen and oxygen atoms in total. The average molecular weight is 263 g/mol. The van der Waals surface area contributed by atoms with Crippen LogP contribution >= 0.6 is 11.3 Å². The Balaban J connectivity index is 1.54. The van der Waals surface area contributed by atoms with E-state index in [0.717, 1.165) is 12.0 Å². The third-order valence-electron chi connectivity index (χ3n) is 4.68. The molecule has 1 fully saturated rings. The van der Waals surface area contributed by atoms with Crippen LogP contribution in [0.1, 0.15) is 67.7 Å². The van der Waals surface area contributed by atoms with Crippen LogP contribution in [0.5, 0.6) is 0 Å². The zero-order chi connectivity index (χ0) is 12.2. The van der Waals surface area contributed by atoms with Crippen molar-refractivity contribution in [3.05, 3.63) is 21.9 Å². The van der Waals surface area contributed by atoms with E-state index in [-0.39, 0.29) is 0 Å². The molecule has 0 amide bonds. The van der Waals surface area contributed by atoms with Crippen LogP contribution in [0.4, 0.5) is 0 Å². The van der Waals surface area contributed by atoms with Gasteiger partial charge in [-0.05, 0) is 55.0 Å². The van der Waals surface area contributed by atoms with E-state index >= 15 is 0 Å². The Bertz CT molecular complexity index is 363. The Kier molecular flexibility index (Phi) is 4.37. The van der Waals surface area contributed by atoms with Gasteiger partial charge in [-0.2, -0.15) is 0 Å². The molecule has 1 heterocycles. The van der Waals surface area contributed by atoms with Crippen LogP contribution in [0.15, 0.2) is 11.4 Å². The van der Waals surface area contributed by atoms with Crippen molar-refractivity contribution in [1.82, 2.24) is 5.32 Å². The lowest BCUT2D eigenvalue weighted by atomic mass is 9.87. The highest BCUT2D eigenvalue weighted by Crippen LogP contribution is 2.34. The van der Waals surface area contributed by atoms with Crippen molar-refractivity contribution in [3.63, 3.8) is 0 Å². The Morgan fingerprint density at radius 3 is 2.72 bits per heavy atom. The van der Waals surface area contributed by atoms with Gasteiger partial charge in [0.1, 0.15) is 0 Å². The fourth-order valence-corrected chi connectivity index (χ4v) is 4.60. The van der Waals surface area contributed by atoms with Crippen LogP contribution in [0.2, 0.25) is 0 Å². The van der Waals surface area contributed by atoms with Crippen molar-refractivity contribution in [2.75, 3.05) is 6.54 Å². The summed E-state index contributed by atoms with van der Waals surface area (Å²) in [6.45, 7) is 1.22. The number of fused-ring (bicyclic) bond motifs is 1. The molecule has 1 atom stereocenters. The molecule has 0 saturated heterocycles. The molecule has 1 unspecified atom stereocenters. The summed E-state index contributed by atoms with van der Waals surface area (Å²) >= 11 is 1.97. The second-order valence-electron chi connectivity index (χ2n) is 5.99. The standard InChI is InChI=1S/C16H25NS/c1-2-4-8-14(7-3-1)17-12-13-6-5-9-16-15(13)10-11-18-16/h10-11,13-14,17H,1-9,12H2. The minimum atomic E-state index is 0.795. The van der Waals surface area contributed by atoms with E-state index in [1.54, 1.807) is 10.4 Å². The van der Waals surface area contributed by atoms with Crippen LogP contribution in [-0.4, -0.2) is 12.6 Å². The molecule has 0 aromatic carbocycles. The number of nitrogens with one attached hydrogen (secondary N) is 1.